The average molecular weight is 418 g/mol. The number of carbonyl (C=O) groups excluding carboxylic acids is 2. The van der Waals surface area contributed by atoms with E-state index in [1.165, 1.54) is 6.92 Å². The van der Waals surface area contributed by atoms with Crippen LogP contribution in [0.15, 0.2) is 0 Å². The van der Waals surface area contributed by atoms with Gasteiger partial charge in [0.25, 0.3) is 0 Å². The third-order valence-electron chi connectivity index (χ3n) is 3.72. The predicted molar refractivity (Wildman–Crippen MR) is 112 cm³/mol. The Kier molecular flexibility index (Phi) is 17.2. The van der Waals surface area contributed by atoms with E-state index in [0.717, 1.165) is 6.42 Å². The molecule has 0 rings (SSSR count). The number of carbonyl (C=O) groups is 2. The Morgan fingerprint density at radius 2 is 1.52 bits per heavy atom. The molecule has 0 radical (unpaired) electrons. The van der Waals surface area contributed by atoms with E-state index in [9.17, 15) is 9.59 Å². The first-order chi connectivity index (χ1) is 13.8. The van der Waals surface area contributed by atoms with Crippen molar-refractivity contribution < 1.29 is 23.8 Å². The van der Waals surface area contributed by atoms with E-state index in [1.54, 1.807) is 0 Å². The van der Waals surface area contributed by atoms with Crippen molar-refractivity contribution in [3.05, 3.63) is 0 Å². The van der Waals surface area contributed by atoms with Gasteiger partial charge in [-0.25, -0.2) is 0 Å². The number of hydrogen-bond acceptors (Lipinski definition) is 7. The third kappa shape index (κ3) is 19.3. The Bertz CT molecular complexity index is 462. The van der Waals surface area contributed by atoms with E-state index in [-0.39, 0.29) is 29.7 Å². The highest BCUT2D eigenvalue weighted by molar-refractivity contribution is 5.81. The number of amides is 1. The number of guanidine groups is 1. The molecule has 0 saturated heterocycles. The predicted octanol–water partition coefficient (Wildman–Crippen LogP) is -0.239. The van der Waals surface area contributed by atoms with Gasteiger partial charge in [0, 0.05) is 25.6 Å². The maximum absolute atomic E-state index is 12.3. The molecular formula is C19H39N5O5. The molecule has 0 saturated carbocycles. The lowest BCUT2D eigenvalue weighted by atomic mass is 10.1. The van der Waals surface area contributed by atoms with Crippen LogP contribution in [-0.4, -0.2) is 82.5 Å². The van der Waals surface area contributed by atoms with E-state index in [0.29, 0.717) is 65.6 Å². The number of nitrogens with two attached hydrogens (primary N) is 1. The lowest BCUT2D eigenvalue weighted by Gasteiger charge is -2.21. The van der Waals surface area contributed by atoms with Gasteiger partial charge >= 0.3 is 0 Å². The standard InChI is InChI=1S/C19H39N5O5/c1-15(2)24-17(5-4-7-23-19(20)21)18(26)22-8-10-28-12-14-29-13-11-27-9-6-16(3)25/h15,17,24H,4-14H2,1-3H3,(H,22,26)(H4,20,21,23)/t17-/m0/s1. The van der Waals surface area contributed by atoms with Crippen molar-refractivity contribution in [3.63, 3.8) is 0 Å². The van der Waals surface area contributed by atoms with Gasteiger partial charge in [0.15, 0.2) is 5.96 Å². The topological polar surface area (TPSA) is 148 Å². The van der Waals surface area contributed by atoms with Crippen molar-refractivity contribution in [2.75, 3.05) is 52.7 Å². The normalized spacial score (nSPS) is 12.0. The maximum Gasteiger partial charge on any atom is 0.237 e. The molecule has 10 nitrogen and oxygen atoms in total. The molecule has 1 amide bonds. The van der Waals surface area contributed by atoms with Crippen molar-refractivity contribution >= 4 is 17.6 Å². The van der Waals surface area contributed by atoms with E-state index >= 15 is 0 Å². The highest BCUT2D eigenvalue weighted by Gasteiger charge is 2.18. The van der Waals surface area contributed by atoms with Crippen LogP contribution in [0.25, 0.3) is 0 Å². The smallest absolute Gasteiger partial charge is 0.237 e. The molecule has 0 aromatic rings. The van der Waals surface area contributed by atoms with Crippen molar-refractivity contribution in [3.8, 4) is 0 Å². The zero-order chi connectivity index (χ0) is 21.9. The number of hydrogen-bond donors (Lipinski definition) is 5. The van der Waals surface area contributed by atoms with Gasteiger partial charge in [-0.05, 0) is 19.8 Å². The van der Waals surface area contributed by atoms with Gasteiger partial charge in [-0.2, -0.15) is 0 Å². The molecule has 0 unspecified atom stereocenters. The minimum Gasteiger partial charge on any atom is -0.379 e. The summed E-state index contributed by atoms with van der Waals surface area (Å²) in [4.78, 5) is 23.1. The second kappa shape index (κ2) is 18.3. The average Bonchev–Trinajstić information content (AvgIpc) is 2.64. The summed E-state index contributed by atoms with van der Waals surface area (Å²) in [6, 6.07) is -0.110. The van der Waals surface area contributed by atoms with Crippen LogP contribution in [0.2, 0.25) is 0 Å². The fourth-order valence-corrected chi connectivity index (χ4v) is 2.35. The highest BCUT2D eigenvalue weighted by Crippen LogP contribution is 1.99. The molecule has 0 spiro atoms. The van der Waals surface area contributed by atoms with Gasteiger partial charge in [-0.1, -0.05) is 13.8 Å². The Labute approximate surface area is 174 Å². The summed E-state index contributed by atoms with van der Waals surface area (Å²) < 4.78 is 16.0. The summed E-state index contributed by atoms with van der Waals surface area (Å²) in [5.74, 6) is -0.0174. The Balaban J connectivity index is 3.71. The Hall–Kier alpha value is -1.75. The zero-order valence-electron chi connectivity index (χ0n) is 18.1. The lowest BCUT2D eigenvalue weighted by Crippen LogP contribution is -2.48. The fourth-order valence-electron chi connectivity index (χ4n) is 2.35. The molecule has 1 atom stereocenters. The minimum atomic E-state index is -0.296. The van der Waals surface area contributed by atoms with Gasteiger partial charge in [0.2, 0.25) is 5.91 Å². The molecule has 0 fully saturated rings. The molecule has 6 N–H and O–H groups in total. The van der Waals surface area contributed by atoms with E-state index in [1.807, 2.05) is 13.8 Å². The van der Waals surface area contributed by atoms with Crippen LogP contribution in [0.5, 0.6) is 0 Å². The van der Waals surface area contributed by atoms with Crippen LogP contribution in [0, 0.1) is 5.41 Å². The first-order valence-corrected chi connectivity index (χ1v) is 10.2. The van der Waals surface area contributed by atoms with Crippen LogP contribution in [-0.2, 0) is 23.8 Å². The summed E-state index contributed by atoms with van der Waals surface area (Å²) in [5.41, 5.74) is 5.25. The molecule has 0 heterocycles. The molecule has 10 heteroatoms. The van der Waals surface area contributed by atoms with Crippen LogP contribution in [0.3, 0.4) is 0 Å². The van der Waals surface area contributed by atoms with Crippen molar-refractivity contribution in [1.82, 2.24) is 16.0 Å². The van der Waals surface area contributed by atoms with Crippen LogP contribution in [0.1, 0.15) is 40.0 Å². The second-order valence-electron chi connectivity index (χ2n) is 6.94. The summed E-state index contributed by atoms with van der Waals surface area (Å²) in [7, 11) is 0. The summed E-state index contributed by atoms with van der Waals surface area (Å²) in [5, 5.41) is 16.0. The van der Waals surface area contributed by atoms with Crippen molar-refractivity contribution in [2.45, 2.75) is 52.1 Å². The Morgan fingerprint density at radius 3 is 2.07 bits per heavy atom. The lowest BCUT2D eigenvalue weighted by molar-refractivity contribution is -0.123. The molecule has 0 aliphatic rings. The maximum atomic E-state index is 12.3. The molecule has 0 aliphatic carbocycles. The largest absolute Gasteiger partial charge is 0.379 e. The highest BCUT2D eigenvalue weighted by atomic mass is 16.5. The summed E-state index contributed by atoms with van der Waals surface area (Å²) >= 11 is 0. The van der Waals surface area contributed by atoms with Gasteiger partial charge < -0.3 is 35.9 Å². The quantitative estimate of drug-likeness (QED) is 0.110. The molecule has 0 aromatic heterocycles. The monoisotopic (exact) mass is 417 g/mol. The number of ketones is 1. The van der Waals surface area contributed by atoms with Crippen LogP contribution in [0.4, 0.5) is 0 Å². The zero-order valence-corrected chi connectivity index (χ0v) is 18.1. The molecule has 29 heavy (non-hydrogen) atoms. The molecule has 0 bridgehead atoms. The van der Waals surface area contributed by atoms with Crippen LogP contribution >= 0.6 is 0 Å². The van der Waals surface area contributed by atoms with E-state index in [2.05, 4.69) is 16.0 Å². The molecule has 170 valence electrons. The van der Waals surface area contributed by atoms with Crippen molar-refractivity contribution in [1.29, 1.82) is 5.41 Å². The summed E-state index contributed by atoms with van der Waals surface area (Å²) in [6.07, 6.45) is 1.80. The van der Waals surface area contributed by atoms with Gasteiger partial charge in [0.05, 0.1) is 45.7 Å². The van der Waals surface area contributed by atoms with Crippen molar-refractivity contribution in [2.24, 2.45) is 5.73 Å². The van der Waals surface area contributed by atoms with E-state index in [4.69, 9.17) is 25.4 Å². The summed E-state index contributed by atoms with van der Waals surface area (Å²) in [6.45, 7) is 9.14. The molecule has 0 aromatic carbocycles. The number of ether oxygens (including phenoxy) is 3. The second-order valence-corrected chi connectivity index (χ2v) is 6.94. The molecule has 0 aliphatic heterocycles. The number of rotatable bonds is 19. The number of nitrogens with one attached hydrogen (secondary N) is 4. The number of Topliss-reactive ketones (excluding diaryl/α,β-unsaturated/α-hetero) is 1. The van der Waals surface area contributed by atoms with Gasteiger partial charge in [0.1, 0.15) is 5.78 Å². The fraction of sp³-hybridized carbons (Fsp3) is 0.842. The van der Waals surface area contributed by atoms with Gasteiger partial charge in [-0.15, -0.1) is 0 Å². The SMILES string of the molecule is CC(=O)CCOCCOCCOCCNC(=O)[C@H](CCCNC(=N)N)NC(C)C. The Morgan fingerprint density at radius 1 is 0.931 bits per heavy atom. The third-order valence-corrected chi connectivity index (χ3v) is 3.72. The van der Waals surface area contributed by atoms with E-state index < -0.39 is 0 Å². The first kappa shape index (κ1) is 27.2. The van der Waals surface area contributed by atoms with Gasteiger partial charge in [-0.3, -0.25) is 15.0 Å². The van der Waals surface area contributed by atoms with Crippen LogP contribution < -0.4 is 21.7 Å². The molecular weight excluding hydrogens is 378 g/mol. The first-order valence-electron chi connectivity index (χ1n) is 10.2. The minimum absolute atomic E-state index is 0.0653.